The first kappa shape index (κ1) is 13.4. The van der Waals surface area contributed by atoms with E-state index in [2.05, 4.69) is 5.32 Å². The van der Waals surface area contributed by atoms with Gasteiger partial charge in [0.2, 0.25) is 5.91 Å². The van der Waals surface area contributed by atoms with Crippen molar-refractivity contribution < 1.29 is 24.9 Å². The van der Waals surface area contributed by atoms with E-state index >= 15 is 0 Å². The van der Waals surface area contributed by atoms with Gasteiger partial charge in [-0.3, -0.25) is 4.79 Å². The molecule has 0 aliphatic rings. The number of benzene rings is 1. The molecular weight excluding hydrogens is 226 g/mol. The maximum absolute atomic E-state index is 10.9. The Morgan fingerprint density at radius 1 is 1.29 bits per heavy atom. The Balaban J connectivity index is 2.47. The fourth-order valence-corrected chi connectivity index (χ4v) is 1.08. The van der Waals surface area contributed by atoms with Gasteiger partial charge in [-0.05, 0) is 24.3 Å². The molecule has 1 aromatic rings. The quantitative estimate of drug-likeness (QED) is 0.530. The summed E-state index contributed by atoms with van der Waals surface area (Å²) in [4.78, 5) is 10.9. The maximum Gasteiger partial charge on any atom is 0.250 e. The Labute approximate surface area is 98.5 Å². The molecule has 6 nitrogen and oxygen atoms in total. The molecule has 1 rings (SSSR count). The molecule has 0 saturated heterocycles. The second kappa shape index (κ2) is 6.85. The van der Waals surface area contributed by atoms with Crippen molar-refractivity contribution in [2.24, 2.45) is 0 Å². The van der Waals surface area contributed by atoms with Gasteiger partial charge in [0.1, 0.15) is 25.1 Å². The maximum atomic E-state index is 10.9. The number of amides is 1. The van der Waals surface area contributed by atoms with E-state index < -0.39 is 18.6 Å². The summed E-state index contributed by atoms with van der Waals surface area (Å²) in [5.41, 5.74) is 0.541. The summed E-state index contributed by atoms with van der Waals surface area (Å²) in [5, 5.41) is 28.6. The van der Waals surface area contributed by atoms with Gasteiger partial charge in [0.05, 0.1) is 6.61 Å². The third-order valence-electron chi connectivity index (χ3n) is 1.93. The van der Waals surface area contributed by atoms with Crippen molar-refractivity contribution in [3.63, 3.8) is 0 Å². The molecule has 1 aromatic carbocycles. The zero-order chi connectivity index (χ0) is 12.7. The highest BCUT2D eigenvalue weighted by atomic mass is 16.5. The van der Waals surface area contributed by atoms with E-state index in [0.29, 0.717) is 11.4 Å². The molecule has 0 aliphatic carbocycles. The van der Waals surface area contributed by atoms with Gasteiger partial charge in [0.15, 0.2) is 0 Å². The zero-order valence-electron chi connectivity index (χ0n) is 9.17. The first-order valence-corrected chi connectivity index (χ1v) is 5.08. The number of anilines is 1. The normalized spacial score (nSPS) is 11.9. The number of rotatable bonds is 6. The third kappa shape index (κ3) is 4.81. The van der Waals surface area contributed by atoms with Gasteiger partial charge in [-0.2, -0.15) is 0 Å². The molecule has 4 N–H and O–H groups in total. The van der Waals surface area contributed by atoms with Crippen molar-refractivity contribution in [3.05, 3.63) is 24.3 Å². The molecule has 94 valence electrons. The Kier molecular flexibility index (Phi) is 5.41. The lowest BCUT2D eigenvalue weighted by Gasteiger charge is -2.10. The minimum atomic E-state index is -0.913. The summed E-state index contributed by atoms with van der Waals surface area (Å²) in [6.45, 7) is -0.926. The van der Waals surface area contributed by atoms with Gasteiger partial charge in [-0.1, -0.05) is 0 Å². The van der Waals surface area contributed by atoms with E-state index in [0.717, 1.165) is 0 Å². The first-order valence-electron chi connectivity index (χ1n) is 5.08. The predicted octanol–water partition coefficient (Wildman–Crippen LogP) is -0.651. The molecule has 1 atom stereocenters. The second-order valence-corrected chi connectivity index (χ2v) is 3.38. The van der Waals surface area contributed by atoms with Crippen LogP contribution in [0.4, 0.5) is 5.69 Å². The fourth-order valence-electron chi connectivity index (χ4n) is 1.08. The molecule has 1 amide bonds. The number of carbonyl (C=O) groups excluding carboxylic acids is 1. The monoisotopic (exact) mass is 241 g/mol. The Hall–Kier alpha value is -1.63. The molecule has 0 aromatic heterocycles. The highest BCUT2D eigenvalue weighted by Crippen LogP contribution is 2.15. The van der Waals surface area contributed by atoms with E-state index in [-0.39, 0.29) is 13.2 Å². The van der Waals surface area contributed by atoms with Crippen LogP contribution in [-0.4, -0.2) is 47.2 Å². The number of nitrogens with one attached hydrogen (secondary N) is 1. The molecular formula is C11H15NO5. The van der Waals surface area contributed by atoms with Crippen LogP contribution in [0.3, 0.4) is 0 Å². The third-order valence-corrected chi connectivity index (χ3v) is 1.93. The summed E-state index contributed by atoms with van der Waals surface area (Å²) in [6, 6.07) is 6.43. The molecule has 17 heavy (non-hydrogen) atoms. The van der Waals surface area contributed by atoms with Crippen molar-refractivity contribution in [1.29, 1.82) is 0 Å². The van der Waals surface area contributed by atoms with Gasteiger partial charge >= 0.3 is 0 Å². The zero-order valence-corrected chi connectivity index (χ0v) is 9.17. The van der Waals surface area contributed by atoms with Crippen LogP contribution in [0.1, 0.15) is 0 Å². The number of carbonyl (C=O) groups is 1. The lowest BCUT2D eigenvalue weighted by molar-refractivity contribution is -0.118. The summed E-state index contributed by atoms with van der Waals surface area (Å²) >= 11 is 0. The highest BCUT2D eigenvalue weighted by molar-refractivity contribution is 5.91. The van der Waals surface area contributed by atoms with Gasteiger partial charge in [0.25, 0.3) is 0 Å². The largest absolute Gasteiger partial charge is 0.491 e. The second-order valence-electron chi connectivity index (χ2n) is 3.38. The molecule has 0 radical (unpaired) electrons. The van der Waals surface area contributed by atoms with Crippen LogP contribution in [-0.2, 0) is 4.79 Å². The van der Waals surface area contributed by atoms with E-state index in [1.54, 1.807) is 24.3 Å². The van der Waals surface area contributed by atoms with Crippen LogP contribution in [0.2, 0.25) is 0 Å². The number of aliphatic hydroxyl groups is 3. The average molecular weight is 241 g/mol. The first-order chi connectivity index (χ1) is 8.15. The van der Waals surface area contributed by atoms with Crippen molar-refractivity contribution in [2.45, 2.75) is 6.10 Å². The van der Waals surface area contributed by atoms with Gasteiger partial charge in [-0.25, -0.2) is 0 Å². The summed E-state index contributed by atoms with van der Waals surface area (Å²) in [5.74, 6) is 0.0221. The molecule has 6 heteroatoms. The van der Waals surface area contributed by atoms with Crippen LogP contribution in [0.5, 0.6) is 5.75 Å². The highest BCUT2D eigenvalue weighted by Gasteiger charge is 2.03. The van der Waals surface area contributed by atoms with Crippen LogP contribution < -0.4 is 10.1 Å². The van der Waals surface area contributed by atoms with Gasteiger partial charge in [-0.15, -0.1) is 0 Å². The fraction of sp³-hybridized carbons (Fsp3) is 0.364. The van der Waals surface area contributed by atoms with E-state index in [4.69, 9.17) is 20.1 Å². The SMILES string of the molecule is O=C(CO)Nc1ccc(OCC(O)CO)cc1. The van der Waals surface area contributed by atoms with E-state index in [9.17, 15) is 4.79 Å². The van der Waals surface area contributed by atoms with Crippen LogP contribution in [0.25, 0.3) is 0 Å². The minimum Gasteiger partial charge on any atom is -0.491 e. The standard InChI is InChI=1S/C11H15NO5/c13-5-9(15)7-17-10-3-1-8(2-4-10)12-11(16)6-14/h1-4,9,13-15H,5-7H2,(H,12,16). The Bertz CT molecular complexity index is 351. The van der Waals surface area contributed by atoms with Crippen LogP contribution in [0, 0.1) is 0 Å². The summed E-state index contributed by atoms with van der Waals surface area (Å²) in [6.07, 6.45) is -0.913. The lowest BCUT2D eigenvalue weighted by Crippen LogP contribution is -2.21. The Morgan fingerprint density at radius 2 is 1.94 bits per heavy atom. The number of hydrogen-bond donors (Lipinski definition) is 4. The molecule has 0 fully saturated rings. The summed E-state index contributed by atoms with van der Waals surface area (Å²) < 4.78 is 5.17. The lowest BCUT2D eigenvalue weighted by atomic mass is 10.3. The smallest absolute Gasteiger partial charge is 0.250 e. The average Bonchev–Trinajstić information content (AvgIpc) is 2.37. The van der Waals surface area contributed by atoms with Crippen LogP contribution in [0.15, 0.2) is 24.3 Å². The topological polar surface area (TPSA) is 99.0 Å². The van der Waals surface area contributed by atoms with Gasteiger partial charge < -0.3 is 25.4 Å². The summed E-state index contributed by atoms with van der Waals surface area (Å²) in [7, 11) is 0. The molecule has 0 spiro atoms. The number of aliphatic hydroxyl groups excluding tert-OH is 3. The molecule has 1 unspecified atom stereocenters. The van der Waals surface area contributed by atoms with E-state index in [1.807, 2.05) is 0 Å². The molecule has 0 bridgehead atoms. The van der Waals surface area contributed by atoms with Gasteiger partial charge in [0, 0.05) is 5.69 Å². The van der Waals surface area contributed by atoms with Crippen molar-refractivity contribution >= 4 is 11.6 Å². The number of ether oxygens (including phenoxy) is 1. The van der Waals surface area contributed by atoms with Crippen molar-refractivity contribution in [3.8, 4) is 5.75 Å². The minimum absolute atomic E-state index is 0.00115. The molecule has 0 aliphatic heterocycles. The number of hydrogen-bond acceptors (Lipinski definition) is 5. The van der Waals surface area contributed by atoms with Crippen molar-refractivity contribution in [2.75, 3.05) is 25.1 Å². The molecule has 0 saturated carbocycles. The van der Waals surface area contributed by atoms with Crippen LogP contribution >= 0.6 is 0 Å². The van der Waals surface area contributed by atoms with E-state index in [1.165, 1.54) is 0 Å². The van der Waals surface area contributed by atoms with Crippen molar-refractivity contribution in [1.82, 2.24) is 0 Å². The Morgan fingerprint density at radius 3 is 2.47 bits per heavy atom. The predicted molar refractivity (Wildman–Crippen MR) is 60.7 cm³/mol. The molecule has 0 heterocycles.